The van der Waals surface area contributed by atoms with Gasteiger partial charge in [-0.1, -0.05) is 24.1 Å². The van der Waals surface area contributed by atoms with Crippen LogP contribution in [0, 0.1) is 18.2 Å². The van der Waals surface area contributed by atoms with Crippen LogP contribution >= 0.6 is 7.82 Å². The van der Waals surface area contributed by atoms with E-state index in [4.69, 9.17) is 35.2 Å². The molecule has 1 aromatic carbocycles. The van der Waals surface area contributed by atoms with Crippen molar-refractivity contribution in [2.45, 2.75) is 57.0 Å². The molecule has 1 aliphatic rings. The Balaban J connectivity index is 1.86. The number of nitrogens with zero attached hydrogens (tertiary/aromatic N) is 1. The summed E-state index contributed by atoms with van der Waals surface area (Å²) in [5.74, 6) is 0.00303. The number of carbonyl (C=O) groups excluding carboxylic acids is 1. The second-order valence-electron chi connectivity index (χ2n) is 8.57. The molecular weight excluding hydrogens is 528 g/mol. The number of aliphatic hydroxyl groups is 1. The van der Waals surface area contributed by atoms with Gasteiger partial charge in [-0.15, -0.1) is 6.42 Å². The third-order valence-electron chi connectivity index (χ3n) is 5.31. The number of terminal acetylenes is 1. The van der Waals surface area contributed by atoms with Gasteiger partial charge in [-0.3, -0.25) is 23.4 Å². The van der Waals surface area contributed by atoms with Crippen molar-refractivity contribution in [3.05, 3.63) is 63.2 Å². The molecule has 0 aliphatic carbocycles. The lowest BCUT2D eigenvalue weighted by atomic mass is 9.92. The molecule has 6 atom stereocenters. The first-order valence-electron chi connectivity index (χ1n) is 11.3. The van der Waals surface area contributed by atoms with Crippen LogP contribution in [0.5, 0.6) is 5.75 Å². The van der Waals surface area contributed by atoms with Crippen LogP contribution in [0.2, 0.25) is 0 Å². The van der Waals surface area contributed by atoms with Crippen molar-refractivity contribution in [1.82, 2.24) is 9.55 Å². The van der Waals surface area contributed by atoms with Crippen molar-refractivity contribution in [2.75, 3.05) is 6.61 Å². The summed E-state index contributed by atoms with van der Waals surface area (Å²) >= 11 is 0. The maximum absolute atomic E-state index is 13.9. The van der Waals surface area contributed by atoms with Crippen LogP contribution < -0.4 is 21.5 Å². The Morgan fingerprint density at radius 2 is 2.00 bits per heavy atom. The van der Waals surface area contributed by atoms with Gasteiger partial charge in [0, 0.05) is 0 Å². The highest BCUT2D eigenvalue weighted by atomic mass is 31.2. The number of nitrogens with two attached hydrogens (primary N) is 1. The second kappa shape index (κ2) is 11.6. The van der Waals surface area contributed by atoms with Gasteiger partial charge in [0.25, 0.3) is 5.56 Å². The van der Waals surface area contributed by atoms with Crippen LogP contribution in [0.3, 0.4) is 0 Å². The number of benzene rings is 1. The molecule has 1 fully saturated rings. The maximum atomic E-state index is 13.9. The number of aliphatic hydroxyl groups excluding tert-OH is 1. The molecule has 4 N–H and O–H groups in total. The highest BCUT2D eigenvalue weighted by Gasteiger charge is 2.55. The van der Waals surface area contributed by atoms with Gasteiger partial charge < -0.3 is 24.8 Å². The summed E-state index contributed by atoms with van der Waals surface area (Å²) in [6.45, 7) is 3.77. The van der Waals surface area contributed by atoms with Crippen LogP contribution in [0.1, 0.15) is 27.0 Å². The van der Waals surface area contributed by atoms with E-state index in [1.807, 2.05) is 0 Å². The topological polar surface area (TPSA) is 181 Å². The molecule has 2 heterocycles. The smallest absolute Gasteiger partial charge is 0.461 e. The molecular formula is C23H27FN3O10P. The molecule has 0 amide bonds. The highest BCUT2D eigenvalue weighted by Crippen LogP contribution is 2.51. The standard InChI is InChI=1S/C23H27FN3O10P/c1-5-23(25)18(28)17(35-21(23)27-11-16(24)19(29)26-22(27)31)12-33-38(32,37-15-9-7-6-8-10-15)36-14(4)20(30)34-13(2)3/h1,6-11,13-14,17-18,21,28H,12,25H2,2-4H3,(H,26,29,31)/t14-,17+,18?,21+,23+,38?/m0/s1. The molecule has 2 unspecified atom stereocenters. The molecule has 1 aliphatic heterocycles. The van der Waals surface area contributed by atoms with Gasteiger partial charge in [0.2, 0.25) is 5.82 Å². The molecule has 0 spiro atoms. The molecule has 1 aromatic heterocycles. The first-order valence-corrected chi connectivity index (χ1v) is 12.7. The maximum Gasteiger partial charge on any atom is 0.530 e. The Kier molecular flexibility index (Phi) is 8.94. The number of hydrogen-bond acceptors (Lipinski definition) is 11. The Hall–Kier alpha value is -3.31. The summed E-state index contributed by atoms with van der Waals surface area (Å²) in [6, 6.07) is 7.75. The summed E-state index contributed by atoms with van der Waals surface area (Å²) in [5, 5.41) is 10.8. The van der Waals surface area contributed by atoms with E-state index in [0.29, 0.717) is 10.8 Å². The quantitative estimate of drug-likeness (QED) is 0.215. The fourth-order valence-electron chi connectivity index (χ4n) is 3.44. The fraction of sp³-hybridized carbons (Fsp3) is 0.435. The Bertz CT molecular complexity index is 1360. The van der Waals surface area contributed by atoms with Gasteiger partial charge in [-0.05, 0) is 32.9 Å². The third kappa shape index (κ3) is 6.39. The zero-order valence-electron chi connectivity index (χ0n) is 20.6. The van der Waals surface area contributed by atoms with Crippen LogP contribution in [-0.2, 0) is 27.9 Å². The number of H-pyrrole nitrogens is 1. The lowest BCUT2D eigenvalue weighted by Gasteiger charge is -2.27. The van der Waals surface area contributed by atoms with Gasteiger partial charge in [0.05, 0.1) is 18.9 Å². The van der Waals surface area contributed by atoms with Crippen molar-refractivity contribution >= 4 is 13.8 Å². The van der Waals surface area contributed by atoms with E-state index < -0.39 is 73.6 Å². The van der Waals surface area contributed by atoms with Crippen molar-refractivity contribution in [3.8, 4) is 18.1 Å². The monoisotopic (exact) mass is 555 g/mol. The number of para-hydroxylation sites is 1. The predicted molar refractivity (Wildman–Crippen MR) is 129 cm³/mol. The van der Waals surface area contributed by atoms with Crippen LogP contribution in [-0.4, -0.2) is 57.2 Å². The summed E-state index contributed by atoms with van der Waals surface area (Å²) in [6.07, 6.45) is -0.705. The SMILES string of the molecule is C#C[C@@]1(N)C(O)[C@@H](COP(=O)(Oc2ccccc2)O[C@@H](C)C(=O)OC(C)C)O[C@H]1n1cc(F)c(=O)[nH]c1=O. The fourth-order valence-corrected chi connectivity index (χ4v) is 4.78. The normalized spacial score (nSPS) is 25.4. The van der Waals surface area contributed by atoms with Gasteiger partial charge in [-0.25, -0.2) is 14.2 Å². The largest absolute Gasteiger partial charge is 0.530 e. The van der Waals surface area contributed by atoms with E-state index in [1.165, 1.54) is 19.1 Å². The number of phosphoric ester groups is 1. The summed E-state index contributed by atoms with van der Waals surface area (Å²) in [4.78, 5) is 37.6. The van der Waals surface area contributed by atoms with Crippen molar-refractivity contribution in [3.63, 3.8) is 0 Å². The zero-order chi connectivity index (χ0) is 28.3. The van der Waals surface area contributed by atoms with Crippen LogP contribution in [0.4, 0.5) is 4.39 Å². The Morgan fingerprint density at radius 1 is 1.34 bits per heavy atom. The lowest BCUT2D eigenvalue weighted by Crippen LogP contribution is -2.55. The van der Waals surface area contributed by atoms with E-state index in [1.54, 1.807) is 37.0 Å². The average molecular weight is 555 g/mol. The first-order chi connectivity index (χ1) is 17.8. The second-order valence-corrected chi connectivity index (χ2v) is 10.1. The number of aromatic nitrogens is 2. The number of carbonyl (C=O) groups is 1. The summed E-state index contributed by atoms with van der Waals surface area (Å²) < 4.78 is 54.8. The minimum absolute atomic E-state index is 0.0677. The number of aromatic amines is 1. The molecule has 0 bridgehead atoms. The molecule has 15 heteroatoms. The highest BCUT2D eigenvalue weighted by molar-refractivity contribution is 7.49. The molecule has 0 saturated carbocycles. The van der Waals surface area contributed by atoms with Crippen LogP contribution in [0.25, 0.3) is 0 Å². The number of nitrogens with one attached hydrogen (secondary N) is 1. The molecule has 0 radical (unpaired) electrons. The van der Waals surface area contributed by atoms with Gasteiger partial charge >= 0.3 is 19.5 Å². The molecule has 1 saturated heterocycles. The molecule has 3 rings (SSSR count). The lowest BCUT2D eigenvalue weighted by molar-refractivity contribution is -0.156. The molecule has 206 valence electrons. The van der Waals surface area contributed by atoms with Crippen molar-refractivity contribution in [1.29, 1.82) is 0 Å². The van der Waals surface area contributed by atoms with Crippen molar-refractivity contribution < 1.29 is 41.9 Å². The number of phosphoric acid groups is 1. The minimum Gasteiger partial charge on any atom is -0.461 e. The molecule has 2 aromatic rings. The van der Waals surface area contributed by atoms with E-state index in [2.05, 4.69) is 5.92 Å². The van der Waals surface area contributed by atoms with Crippen molar-refractivity contribution in [2.24, 2.45) is 5.73 Å². The minimum atomic E-state index is -4.60. The number of ether oxygens (including phenoxy) is 2. The number of hydrogen-bond donors (Lipinski definition) is 3. The Morgan fingerprint density at radius 3 is 2.61 bits per heavy atom. The van der Waals surface area contributed by atoms with E-state index in [9.17, 15) is 28.4 Å². The van der Waals surface area contributed by atoms with E-state index in [0.717, 1.165) is 0 Å². The van der Waals surface area contributed by atoms with Gasteiger partial charge in [0.15, 0.2) is 17.9 Å². The Labute approximate surface area is 216 Å². The average Bonchev–Trinajstić information content (AvgIpc) is 3.10. The summed E-state index contributed by atoms with van der Waals surface area (Å²) in [5.41, 5.74) is 1.62. The third-order valence-corrected chi connectivity index (χ3v) is 6.78. The molecule has 13 nitrogen and oxygen atoms in total. The summed E-state index contributed by atoms with van der Waals surface area (Å²) in [7, 11) is -4.60. The van der Waals surface area contributed by atoms with Gasteiger partial charge in [0.1, 0.15) is 18.0 Å². The first kappa shape index (κ1) is 29.2. The molecule has 38 heavy (non-hydrogen) atoms. The zero-order valence-corrected chi connectivity index (χ0v) is 21.5. The van der Waals surface area contributed by atoms with Gasteiger partial charge in [-0.2, -0.15) is 4.39 Å². The van der Waals surface area contributed by atoms with Crippen LogP contribution in [0.15, 0.2) is 46.1 Å². The van der Waals surface area contributed by atoms with E-state index in [-0.39, 0.29) is 5.75 Å². The number of halogens is 1. The number of esters is 1. The predicted octanol–water partition coefficient (Wildman–Crippen LogP) is 0.825. The van der Waals surface area contributed by atoms with E-state index >= 15 is 0 Å². The number of rotatable bonds is 10.